The molecule has 19 heavy (non-hydrogen) atoms. The number of fused-ring (bicyclic) bond motifs is 1. The molecule has 5 nitrogen and oxygen atoms in total. The molecule has 0 unspecified atom stereocenters. The maximum absolute atomic E-state index is 4.43. The SMILES string of the molecule is CC(C)N(C)CCCNc1nc(Br)cn2ccnc12. The topological polar surface area (TPSA) is 45.5 Å². The Labute approximate surface area is 122 Å². The zero-order valence-corrected chi connectivity index (χ0v) is 13.2. The highest BCUT2D eigenvalue weighted by atomic mass is 79.9. The summed E-state index contributed by atoms with van der Waals surface area (Å²) in [5, 5.41) is 3.36. The van der Waals surface area contributed by atoms with Crippen molar-refractivity contribution in [3.05, 3.63) is 23.2 Å². The van der Waals surface area contributed by atoms with Crippen LogP contribution in [-0.4, -0.2) is 45.4 Å². The summed E-state index contributed by atoms with van der Waals surface area (Å²) < 4.78 is 2.76. The van der Waals surface area contributed by atoms with Gasteiger partial charge in [-0.2, -0.15) is 0 Å². The van der Waals surface area contributed by atoms with Gasteiger partial charge in [-0.25, -0.2) is 9.97 Å². The summed E-state index contributed by atoms with van der Waals surface area (Å²) in [6, 6.07) is 0.586. The van der Waals surface area contributed by atoms with E-state index in [9.17, 15) is 0 Å². The standard InChI is InChI=1S/C13H20BrN5/c1-10(2)18(3)7-4-5-15-12-13-16-6-8-19(13)9-11(14)17-12/h6,8-10H,4-5,7H2,1-3H3,(H,15,17). The van der Waals surface area contributed by atoms with Gasteiger partial charge in [0.15, 0.2) is 11.5 Å². The third kappa shape index (κ3) is 3.67. The molecular formula is C13H20BrN5. The first kappa shape index (κ1) is 14.3. The van der Waals surface area contributed by atoms with E-state index in [1.54, 1.807) is 6.20 Å². The predicted octanol–water partition coefficient (Wildman–Crippen LogP) is 2.63. The van der Waals surface area contributed by atoms with Crippen LogP contribution in [0.5, 0.6) is 0 Å². The molecule has 2 rings (SSSR count). The van der Waals surface area contributed by atoms with E-state index >= 15 is 0 Å². The van der Waals surface area contributed by atoms with Crippen molar-refractivity contribution in [2.75, 3.05) is 25.5 Å². The van der Waals surface area contributed by atoms with E-state index in [2.05, 4.69) is 57.0 Å². The van der Waals surface area contributed by atoms with E-state index < -0.39 is 0 Å². The van der Waals surface area contributed by atoms with Crippen LogP contribution in [0.4, 0.5) is 5.82 Å². The van der Waals surface area contributed by atoms with Crippen LogP contribution in [0.1, 0.15) is 20.3 Å². The van der Waals surface area contributed by atoms with Crippen LogP contribution >= 0.6 is 15.9 Å². The van der Waals surface area contributed by atoms with E-state index in [0.717, 1.165) is 35.6 Å². The Balaban J connectivity index is 1.93. The van der Waals surface area contributed by atoms with Crippen molar-refractivity contribution in [1.82, 2.24) is 19.3 Å². The van der Waals surface area contributed by atoms with Gasteiger partial charge in [0.2, 0.25) is 0 Å². The number of anilines is 1. The Morgan fingerprint density at radius 2 is 2.26 bits per heavy atom. The molecule has 2 aromatic heterocycles. The van der Waals surface area contributed by atoms with Gasteiger partial charge in [-0.05, 0) is 49.8 Å². The van der Waals surface area contributed by atoms with E-state index in [-0.39, 0.29) is 0 Å². The second kappa shape index (κ2) is 6.34. The number of aromatic nitrogens is 3. The number of rotatable bonds is 6. The maximum atomic E-state index is 4.43. The van der Waals surface area contributed by atoms with Gasteiger partial charge in [-0.3, -0.25) is 0 Å². The summed E-state index contributed by atoms with van der Waals surface area (Å²) in [5.74, 6) is 0.826. The molecule has 0 atom stereocenters. The quantitative estimate of drug-likeness (QED) is 0.829. The average Bonchev–Trinajstić information content (AvgIpc) is 2.81. The number of halogens is 1. The predicted molar refractivity (Wildman–Crippen MR) is 81.6 cm³/mol. The van der Waals surface area contributed by atoms with Gasteiger partial charge in [0.25, 0.3) is 0 Å². The molecule has 0 amide bonds. The number of imidazole rings is 1. The Bertz CT molecular complexity index is 537. The lowest BCUT2D eigenvalue weighted by Crippen LogP contribution is -2.28. The normalized spacial score (nSPS) is 11.7. The highest BCUT2D eigenvalue weighted by Gasteiger charge is 2.06. The Hall–Kier alpha value is -1.14. The molecule has 0 saturated heterocycles. The van der Waals surface area contributed by atoms with Crippen molar-refractivity contribution < 1.29 is 0 Å². The molecule has 0 aromatic carbocycles. The molecule has 0 aliphatic heterocycles. The monoisotopic (exact) mass is 325 g/mol. The fourth-order valence-electron chi connectivity index (χ4n) is 1.81. The second-order valence-corrected chi connectivity index (χ2v) is 5.74. The molecule has 0 fully saturated rings. The summed E-state index contributed by atoms with van der Waals surface area (Å²) in [6.07, 6.45) is 6.68. The number of hydrogen-bond donors (Lipinski definition) is 1. The Morgan fingerprint density at radius 3 is 3.00 bits per heavy atom. The first-order valence-corrected chi connectivity index (χ1v) is 7.30. The molecule has 0 aliphatic carbocycles. The number of hydrogen-bond acceptors (Lipinski definition) is 4. The van der Waals surface area contributed by atoms with Crippen LogP contribution in [0, 0.1) is 0 Å². The molecule has 0 radical (unpaired) electrons. The highest BCUT2D eigenvalue weighted by molar-refractivity contribution is 9.10. The van der Waals surface area contributed by atoms with Gasteiger partial charge in [-0.1, -0.05) is 0 Å². The minimum Gasteiger partial charge on any atom is -0.367 e. The first-order chi connectivity index (χ1) is 9.08. The molecule has 2 aromatic rings. The molecule has 0 spiro atoms. The zero-order chi connectivity index (χ0) is 13.8. The number of nitrogens with zero attached hydrogens (tertiary/aromatic N) is 4. The van der Waals surface area contributed by atoms with Crippen LogP contribution in [0.25, 0.3) is 5.65 Å². The molecule has 0 aliphatic rings. The lowest BCUT2D eigenvalue weighted by Gasteiger charge is -2.20. The molecule has 1 N–H and O–H groups in total. The fourth-order valence-corrected chi connectivity index (χ4v) is 2.21. The minimum absolute atomic E-state index is 0.586. The van der Waals surface area contributed by atoms with E-state index in [1.165, 1.54) is 0 Å². The molecule has 104 valence electrons. The molecule has 6 heteroatoms. The fraction of sp³-hybridized carbons (Fsp3) is 0.538. The van der Waals surface area contributed by atoms with Crippen molar-refractivity contribution in [2.24, 2.45) is 0 Å². The molecule has 2 heterocycles. The van der Waals surface area contributed by atoms with Crippen LogP contribution in [0.15, 0.2) is 23.2 Å². The van der Waals surface area contributed by atoms with Crippen LogP contribution in [0.2, 0.25) is 0 Å². The summed E-state index contributed by atoms with van der Waals surface area (Å²) in [6.45, 7) is 6.38. The maximum Gasteiger partial charge on any atom is 0.180 e. The van der Waals surface area contributed by atoms with Crippen LogP contribution < -0.4 is 5.32 Å². The van der Waals surface area contributed by atoms with Gasteiger partial charge in [-0.15, -0.1) is 0 Å². The molecular weight excluding hydrogens is 306 g/mol. The van der Waals surface area contributed by atoms with Crippen LogP contribution in [-0.2, 0) is 0 Å². The van der Waals surface area contributed by atoms with Crippen molar-refractivity contribution in [3.8, 4) is 0 Å². The van der Waals surface area contributed by atoms with Gasteiger partial charge >= 0.3 is 0 Å². The summed E-state index contributed by atoms with van der Waals surface area (Å²) >= 11 is 3.41. The summed E-state index contributed by atoms with van der Waals surface area (Å²) in [4.78, 5) is 11.1. The lowest BCUT2D eigenvalue weighted by molar-refractivity contribution is 0.273. The van der Waals surface area contributed by atoms with E-state index in [1.807, 2.05) is 16.8 Å². The summed E-state index contributed by atoms with van der Waals surface area (Å²) in [5.41, 5.74) is 0.861. The van der Waals surface area contributed by atoms with E-state index in [0.29, 0.717) is 6.04 Å². The van der Waals surface area contributed by atoms with Crippen molar-refractivity contribution in [1.29, 1.82) is 0 Å². The van der Waals surface area contributed by atoms with E-state index in [4.69, 9.17) is 0 Å². The van der Waals surface area contributed by atoms with Gasteiger partial charge in [0.05, 0.1) is 0 Å². The smallest absolute Gasteiger partial charge is 0.180 e. The minimum atomic E-state index is 0.586. The zero-order valence-electron chi connectivity index (χ0n) is 11.6. The van der Waals surface area contributed by atoms with Gasteiger partial charge in [0.1, 0.15) is 4.60 Å². The first-order valence-electron chi connectivity index (χ1n) is 6.51. The van der Waals surface area contributed by atoms with Crippen molar-refractivity contribution >= 4 is 27.4 Å². The number of nitrogens with one attached hydrogen (secondary N) is 1. The summed E-state index contributed by atoms with van der Waals surface area (Å²) in [7, 11) is 2.15. The molecule has 0 saturated carbocycles. The third-order valence-corrected chi connectivity index (χ3v) is 3.59. The highest BCUT2D eigenvalue weighted by Crippen LogP contribution is 2.16. The van der Waals surface area contributed by atoms with Crippen molar-refractivity contribution in [3.63, 3.8) is 0 Å². The average molecular weight is 326 g/mol. The molecule has 0 bridgehead atoms. The Kier molecular flexibility index (Phi) is 4.76. The lowest BCUT2D eigenvalue weighted by atomic mass is 10.3. The largest absolute Gasteiger partial charge is 0.367 e. The van der Waals surface area contributed by atoms with Crippen LogP contribution in [0.3, 0.4) is 0 Å². The van der Waals surface area contributed by atoms with Crippen molar-refractivity contribution in [2.45, 2.75) is 26.3 Å². The second-order valence-electron chi connectivity index (χ2n) is 4.93. The van der Waals surface area contributed by atoms with Gasteiger partial charge < -0.3 is 14.6 Å². The van der Waals surface area contributed by atoms with Gasteiger partial charge in [0, 0.05) is 31.2 Å². The third-order valence-electron chi connectivity index (χ3n) is 3.21. The Morgan fingerprint density at radius 1 is 1.47 bits per heavy atom.